The molecule has 0 aliphatic carbocycles. The van der Waals surface area contributed by atoms with Gasteiger partial charge in [0.2, 0.25) is 0 Å². The first-order chi connectivity index (χ1) is 8.24. The molecule has 0 atom stereocenters. The fourth-order valence-corrected chi connectivity index (χ4v) is 2.34. The number of benzene rings is 1. The van der Waals surface area contributed by atoms with Crippen LogP contribution in [0.2, 0.25) is 0 Å². The molecule has 12 heteroatoms. The molecule has 2 N–H and O–H groups in total. The van der Waals surface area contributed by atoms with Crippen LogP contribution in [0.5, 0.6) is 0 Å². The lowest BCUT2D eigenvalue weighted by Gasteiger charge is -2.11. The Morgan fingerprint density at radius 1 is 0.947 bits per heavy atom. The van der Waals surface area contributed by atoms with E-state index in [1.807, 2.05) is 0 Å². The average molecular weight is 324 g/mol. The molecule has 0 spiro atoms. The predicted octanol–water partition coefficient (Wildman–Crippen LogP) is 1.34. The van der Waals surface area contributed by atoms with Crippen molar-refractivity contribution in [3.8, 4) is 0 Å². The van der Waals surface area contributed by atoms with E-state index < -0.39 is 47.6 Å². The molecule has 0 saturated heterocycles. The van der Waals surface area contributed by atoms with Gasteiger partial charge in [-0.2, -0.15) is 30.0 Å². The SMILES string of the molecule is O=S(=O)(O)c1cc(C(F)(F)F)c(F)c(S(=O)(=O)O)c1. The highest BCUT2D eigenvalue weighted by atomic mass is 32.2. The van der Waals surface area contributed by atoms with Crippen molar-refractivity contribution in [2.24, 2.45) is 0 Å². The van der Waals surface area contributed by atoms with Gasteiger partial charge in [-0.3, -0.25) is 9.11 Å². The summed E-state index contributed by atoms with van der Waals surface area (Å²) in [6.45, 7) is 0. The first-order valence-electron chi connectivity index (χ1n) is 4.10. The van der Waals surface area contributed by atoms with Crippen molar-refractivity contribution in [1.82, 2.24) is 0 Å². The Labute approximate surface area is 104 Å². The van der Waals surface area contributed by atoms with Crippen LogP contribution in [0.1, 0.15) is 5.56 Å². The van der Waals surface area contributed by atoms with E-state index in [1.54, 1.807) is 0 Å². The summed E-state index contributed by atoms with van der Waals surface area (Å²) in [5.41, 5.74) is -2.25. The first-order valence-corrected chi connectivity index (χ1v) is 6.98. The van der Waals surface area contributed by atoms with Crippen LogP contribution in [0.4, 0.5) is 17.6 Å². The van der Waals surface area contributed by atoms with Crippen molar-refractivity contribution in [1.29, 1.82) is 0 Å². The highest BCUT2D eigenvalue weighted by Crippen LogP contribution is 2.35. The van der Waals surface area contributed by atoms with Crippen LogP contribution in [0.15, 0.2) is 21.9 Å². The van der Waals surface area contributed by atoms with Gasteiger partial charge in [0.1, 0.15) is 4.90 Å². The molecule has 0 aliphatic heterocycles. The molecule has 0 saturated carbocycles. The molecule has 0 aromatic heterocycles. The molecule has 19 heavy (non-hydrogen) atoms. The summed E-state index contributed by atoms with van der Waals surface area (Å²) in [6, 6.07) is -0.422. The van der Waals surface area contributed by atoms with Gasteiger partial charge in [-0.05, 0) is 12.1 Å². The van der Waals surface area contributed by atoms with Gasteiger partial charge in [0.05, 0.1) is 10.5 Å². The molecule has 108 valence electrons. The smallest absolute Gasteiger partial charge is 0.282 e. The summed E-state index contributed by atoms with van der Waals surface area (Å²) < 4.78 is 110. The maximum atomic E-state index is 13.3. The van der Waals surface area contributed by atoms with Crippen LogP contribution in [-0.4, -0.2) is 25.9 Å². The van der Waals surface area contributed by atoms with Gasteiger partial charge in [-0.25, -0.2) is 4.39 Å². The van der Waals surface area contributed by atoms with Crippen molar-refractivity contribution in [2.75, 3.05) is 0 Å². The number of hydrogen-bond acceptors (Lipinski definition) is 4. The third-order valence-electron chi connectivity index (χ3n) is 1.89. The Balaban J connectivity index is 3.89. The van der Waals surface area contributed by atoms with Crippen molar-refractivity contribution in [2.45, 2.75) is 16.0 Å². The molecule has 1 aromatic carbocycles. The second-order valence-corrected chi connectivity index (χ2v) is 6.04. The molecule has 1 aromatic rings. The van der Waals surface area contributed by atoms with E-state index in [9.17, 15) is 34.4 Å². The van der Waals surface area contributed by atoms with Crippen LogP contribution in [0, 0.1) is 5.82 Å². The maximum Gasteiger partial charge on any atom is 0.419 e. The van der Waals surface area contributed by atoms with Crippen molar-refractivity contribution in [3.63, 3.8) is 0 Å². The first kappa shape index (κ1) is 15.8. The lowest BCUT2D eigenvalue weighted by atomic mass is 10.2. The quantitative estimate of drug-likeness (QED) is 0.628. The maximum absolute atomic E-state index is 13.3. The Morgan fingerprint density at radius 3 is 1.74 bits per heavy atom. The summed E-state index contributed by atoms with van der Waals surface area (Å²) in [7, 11) is -10.7. The summed E-state index contributed by atoms with van der Waals surface area (Å²) in [5, 5.41) is 0. The Kier molecular flexibility index (Phi) is 3.66. The fraction of sp³-hybridized carbons (Fsp3) is 0.143. The number of alkyl halides is 3. The molecule has 0 unspecified atom stereocenters. The van der Waals surface area contributed by atoms with Gasteiger partial charge < -0.3 is 0 Å². The lowest BCUT2D eigenvalue weighted by Crippen LogP contribution is -2.15. The summed E-state index contributed by atoms with van der Waals surface area (Å²) >= 11 is 0. The summed E-state index contributed by atoms with van der Waals surface area (Å²) in [5.74, 6) is -2.37. The van der Waals surface area contributed by atoms with Gasteiger partial charge in [-0.15, -0.1) is 0 Å². The van der Waals surface area contributed by atoms with Crippen LogP contribution < -0.4 is 0 Å². The van der Waals surface area contributed by atoms with Gasteiger partial charge in [0, 0.05) is 0 Å². The Morgan fingerprint density at radius 2 is 1.42 bits per heavy atom. The molecular weight excluding hydrogens is 320 g/mol. The van der Waals surface area contributed by atoms with E-state index in [4.69, 9.17) is 9.11 Å². The van der Waals surface area contributed by atoms with Crippen LogP contribution >= 0.6 is 0 Å². The molecule has 0 bridgehead atoms. The lowest BCUT2D eigenvalue weighted by molar-refractivity contribution is -0.140. The number of rotatable bonds is 2. The molecule has 1 rings (SSSR count). The number of hydrogen-bond donors (Lipinski definition) is 2. The average Bonchev–Trinajstić information content (AvgIpc) is 2.11. The second kappa shape index (κ2) is 4.40. The van der Waals surface area contributed by atoms with E-state index in [1.165, 1.54) is 0 Å². The van der Waals surface area contributed by atoms with Crippen LogP contribution in [-0.2, 0) is 26.4 Å². The highest BCUT2D eigenvalue weighted by molar-refractivity contribution is 7.86. The third-order valence-corrected chi connectivity index (χ3v) is 3.58. The van der Waals surface area contributed by atoms with E-state index in [0.29, 0.717) is 0 Å². The normalized spacial score (nSPS) is 13.6. The van der Waals surface area contributed by atoms with Gasteiger partial charge >= 0.3 is 6.18 Å². The molecule has 0 fully saturated rings. The predicted molar refractivity (Wildman–Crippen MR) is 51.0 cm³/mol. The minimum Gasteiger partial charge on any atom is -0.282 e. The summed E-state index contributed by atoms with van der Waals surface area (Å²) in [4.78, 5) is -3.43. The van der Waals surface area contributed by atoms with E-state index in [-0.39, 0.29) is 12.1 Å². The molecule has 0 amide bonds. The summed E-state index contributed by atoms with van der Waals surface area (Å²) in [6.07, 6.45) is -5.43. The van der Waals surface area contributed by atoms with Gasteiger partial charge in [0.15, 0.2) is 5.82 Å². The largest absolute Gasteiger partial charge is 0.419 e. The fourth-order valence-electron chi connectivity index (χ4n) is 1.12. The van der Waals surface area contributed by atoms with E-state index in [0.717, 1.165) is 0 Å². The van der Waals surface area contributed by atoms with Crippen LogP contribution in [0.3, 0.4) is 0 Å². The molecule has 0 radical (unpaired) electrons. The number of halogens is 4. The standard InChI is InChI=1S/C7H4F4O6S2/c8-6-4(7(9,10)11)1-3(18(12,13)14)2-5(6)19(15,16)17/h1-2H,(H,12,13,14)(H,15,16,17). The minimum atomic E-state index is -5.45. The Hall–Kier alpha value is -1.24. The van der Waals surface area contributed by atoms with E-state index >= 15 is 0 Å². The van der Waals surface area contributed by atoms with Gasteiger partial charge in [-0.1, -0.05) is 0 Å². The zero-order chi connectivity index (χ0) is 15.2. The van der Waals surface area contributed by atoms with E-state index in [2.05, 4.69) is 0 Å². The molecule has 0 aliphatic rings. The highest BCUT2D eigenvalue weighted by Gasteiger charge is 2.38. The van der Waals surface area contributed by atoms with Crippen LogP contribution in [0.25, 0.3) is 0 Å². The Bertz CT molecular complexity index is 719. The third kappa shape index (κ3) is 3.40. The van der Waals surface area contributed by atoms with Crippen molar-refractivity contribution in [3.05, 3.63) is 23.5 Å². The zero-order valence-electron chi connectivity index (χ0n) is 8.51. The topological polar surface area (TPSA) is 109 Å². The van der Waals surface area contributed by atoms with Crippen molar-refractivity contribution < 1.29 is 43.5 Å². The minimum absolute atomic E-state index is 0.130. The molecule has 6 nitrogen and oxygen atoms in total. The zero-order valence-corrected chi connectivity index (χ0v) is 10.1. The molecular formula is C7H4F4O6S2. The van der Waals surface area contributed by atoms with Gasteiger partial charge in [0.25, 0.3) is 20.2 Å². The molecule has 0 heterocycles. The second-order valence-electron chi connectivity index (χ2n) is 3.23. The monoisotopic (exact) mass is 324 g/mol. The van der Waals surface area contributed by atoms with Crippen molar-refractivity contribution >= 4 is 20.2 Å².